The number of halogens is 1. The summed E-state index contributed by atoms with van der Waals surface area (Å²) < 4.78 is 32.6. The highest BCUT2D eigenvalue weighted by atomic mass is 35.5. The van der Waals surface area contributed by atoms with Crippen LogP contribution in [0.3, 0.4) is 0 Å². The van der Waals surface area contributed by atoms with Gasteiger partial charge in [-0.3, -0.25) is 4.79 Å². The lowest BCUT2D eigenvalue weighted by molar-refractivity contribution is -0.134. The molecule has 0 aromatic heterocycles. The molecule has 1 aliphatic heterocycles. The first-order valence-corrected chi connectivity index (χ1v) is 11.4. The standard InChI is InChI=1S/C22H21ClN2O4S/c23-19-6-3-7-21(15-19)30(27,28)25-12-10-24(11-13-25)22(26)16-29-20-9-8-17-4-1-2-5-18(17)14-20/h1-9,14-15H,10-13,16H2. The minimum atomic E-state index is -3.63. The van der Waals surface area contributed by atoms with Crippen LogP contribution in [0.1, 0.15) is 0 Å². The molecule has 30 heavy (non-hydrogen) atoms. The van der Waals surface area contributed by atoms with Gasteiger partial charge < -0.3 is 9.64 Å². The van der Waals surface area contributed by atoms with Crippen LogP contribution in [0.5, 0.6) is 5.75 Å². The van der Waals surface area contributed by atoms with Gasteiger partial charge in [-0.25, -0.2) is 8.42 Å². The van der Waals surface area contributed by atoms with Crippen LogP contribution in [-0.4, -0.2) is 56.3 Å². The van der Waals surface area contributed by atoms with Crippen LogP contribution in [-0.2, 0) is 14.8 Å². The van der Waals surface area contributed by atoms with Gasteiger partial charge in [0.25, 0.3) is 5.91 Å². The predicted molar refractivity (Wildman–Crippen MR) is 116 cm³/mol. The van der Waals surface area contributed by atoms with Crippen LogP contribution in [0.15, 0.2) is 71.6 Å². The van der Waals surface area contributed by atoms with Crippen molar-refractivity contribution >= 4 is 38.3 Å². The Morgan fingerprint density at radius 1 is 0.900 bits per heavy atom. The zero-order valence-electron chi connectivity index (χ0n) is 16.2. The van der Waals surface area contributed by atoms with Crippen molar-refractivity contribution in [2.45, 2.75) is 4.90 Å². The van der Waals surface area contributed by atoms with E-state index in [1.165, 1.54) is 16.4 Å². The van der Waals surface area contributed by atoms with Crippen LogP contribution in [0.2, 0.25) is 5.02 Å². The summed E-state index contributed by atoms with van der Waals surface area (Å²) in [5, 5.41) is 2.52. The van der Waals surface area contributed by atoms with E-state index in [2.05, 4.69) is 0 Å². The van der Waals surface area contributed by atoms with Crippen molar-refractivity contribution in [2.75, 3.05) is 32.8 Å². The number of hydrogen-bond acceptors (Lipinski definition) is 4. The molecule has 8 heteroatoms. The van der Waals surface area contributed by atoms with Crippen molar-refractivity contribution in [3.05, 3.63) is 71.8 Å². The van der Waals surface area contributed by atoms with Gasteiger partial charge in [-0.05, 0) is 41.1 Å². The number of carbonyl (C=O) groups excluding carboxylic acids is 1. The maximum atomic E-state index is 12.8. The molecule has 1 aliphatic rings. The van der Waals surface area contributed by atoms with Crippen molar-refractivity contribution in [1.82, 2.24) is 9.21 Å². The lowest BCUT2D eigenvalue weighted by Crippen LogP contribution is -2.51. The van der Waals surface area contributed by atoms with Gasteiger partial charge in [0.05, 0.1) is 4.90 Å². The fraction of sp³-hybridized carbons (Fsp3) is 0.227. The molecule has 3 aromatic rings. The molecule has 0 aliphatic carbocycles. The first-order valence-electron chi connectivity index (χ1n) is 9.58. The van der Waals surface area contributed by atoms with Crippen LogP contribution in [0.25, 0.3) is 10.8 Å². The highest BCUT2D eigenvalue weighted by Gasteiger charge is 2.30. The number of carbonyl (C=O) groups is 1. The van der Waals surface area contributed by atoms with Crippen molar-refractivity contribution in [1.29, 1.82) is 0 Å². The molecule has 1 amide bonds. The Morgan fingerprint density at radius 2 is 1.63 bits per heavy atom. The summed E-state index contributed by atoms with van der Waals surface area (Å²) in [6.07, 6.45) is 0. The van der Waals surface area contributed by atoms with Crippen molar-refractivity contribution < 1.29 is 17.9 Å². The third-order valence-electron chi connectivity index (χ3n) is 5.11. The van der Waals surface area contributed by atoms with E-state index in [1.54, 1.807) is 17.0 Å². The minimum absolute atomic E-state index is 0.0839. The van der Waals surface area contributed by atoms with Crippen LogP contribution in [0, 0.1) is 0 Å². The zero-order valence-corrected chi connectivity index (χ0v) is 17.8. The molecule has 6 nitrogen and oxygen atoms in total. The fourth-order valence-electron chi connectivity index (χ4n) is 3.45. The first-order chi connectivity index (χ1) is 14.4. The van der Waals surface area contributed by atoms with Crippen molar-refractivity contribution in [3.63, 3.8) is 0 Å². The largest absolute Gasteiger partial charge is 0.484 e. The Labute approximate surface area is 180 Å². The van der Waals surface area contributed by atoms with Gasteiger partial charge in [0.1, 0.15) is 5.75 Å². The van der Waals surface area contributed by atoms with E-state index in [0.29, 0.717) is 23.9 Å². The summed E-state index contributed by atoms with van der Waals surface area (Å²) in [7, 11) is -3.63. The van der Waals surface area contributed by atoms with Crippen molar-refractivity contribution in [3.8, 4) is 5.75 Å². The van der Waals surface area contributed by atoms with Crippen LogP contribution >= 0.6 is 11.6 Å². The Bertz CT molecular complexity index is 1170. The third kappa shape index (κ3) is 4.43. The predicted octanol–water partition coefficient (Wildman–Crippen LogP) is 3.41. The lowest BCUT2D eigenvalue weighted by atomic mass is 10.1. The molecule has 0 N–H and O–H groups in total. The summed E-state index contributed by atoms with van der Waals surface area (Å²) in [6.45, 7) is 1.02. The Hall–Kier alpha value is -2.61. The van der Waals surface area contributed by atoms with E-state index in [0.717, 1.165) is 10.8 Å². The second kappa shape index (κ2) is 8.63. The number of rotatable bonds is 5. The fourth-order valence-corrected chi connectivity index (χ4v) is 5.17. The minimum Gasteiger partial charge on any atom is -0.484 e. The quantitative estimate of drug-likeness (QED) is 0.605. The molecule has 0 bridgehead atoms. The summed E-state index contributed by atoms with van der Waals surface area (Å²) >= 11 is 5.92. The summed E-state index contributed by atoms with van der Waals surface area (Å²) in [5.41, 5.74) is 0. The topological polar surface area (TPSA) is 66.9 Å². The molecular weight excluding hydrogens is 424 g/mol. The lowest BCUT2D eigenvalue weighted by Gasteiger charge is -2.34. The van der Waals surface area contributed by atoms with Crippen LogP contribution < -0.4 is 4.74 Å². The second-order valence-electron chi connectivity index (χ2n) is 7.04. The second-order valence-corrected chi connectivity index (χ2v) is 9.41. The third-order valence-corrected chi connectivity index (χ3v) is 7.24. The number of piperazine rings is 1. The average Bonchev–Trinajstić information content (AvgIpc) is 2.77. The average molecular weight is 445 g/mol. The number of nitrogens with zero attached hydrogens (tertiary/aromatic N) is 2. The molecule has 4 rings (SSSR count). The number of ether oxygens (including phenoxy) is 1. The van der Waals surface area contributed by atoms with Gasteiger partial charge in [0.15, 0.2) is 6.61 Å². The van der Waals surface area contributed by atoms with Crippen LogP contribution in [0.4, 0.5) is 0 Å². The van der Waals surface area contributed by atoms with E-state index in [4.69, 9.17) is 16.3 Å². The van der Waals surface area contributed by atoms with E-state index in [-0.39, 0.29) is 30.5 Å². The number of benzene rings is 3. The van der Waals surface area contributed by atoms with Gasteiger partial charge in [-0.2, -0.15) is 4.31 Å². The highest BCUT2D eigenvalue weighted by molar-refractivity contribution is 7.89. The molecule has 1 saturated heterocycles. The Morgan fingerprint density at radius 3 is 2.37 bits per heavy atom. The van der Waals surface area contributed by atoms with E-state index in [9.17, 15) is 13.2 Å². The number of hydrogen-bond donors (Lipinski definition) is 0. The SMILES string of the molecule is O=C(COc1ccc2ccccc2c1)N1CCN(S(=O)(=O)c2cccc(Cl)c2)CC1. The summed E-state index contributed by atoms with van der Waals surface area (Å²) in [4.78, 5) is 14.3. The Balaban J connectivity index is 1.33. The molecule has 0 atom stereocenters. The molecule has 0 unspecified atom stereocenters. The van der Waals surface area contributed by atoms with Gasteiger partial charge in [-0.1, -0.05) is 48.0 Å². The van der Waals surface area contributed by atoms with E-state index < -0.39 is 10.0 Å². The van der Waals surface area contributed by atoms with Gasteiger partial charge in [0.2, 0.25) is 10.0 Å². The molecule has 0 radical (unpaired) electrons. The van der Waals surface area contributed by atoms with Gasteiger partial charge in [-0.15, -0.1) is 0 Å². The first kappa shape index (κ1) is 20.7. The zero-order chi connectivity index (χ0) is 21.1. The number of sulfonamides is 1. The summed E-state index contributed by atoms with van der Waals surface area (Å²) in [5.74, 6) is 0.465. The molecule has 3 aromatic carbocycles. The molecule has 1 fully saturated rings. The van der Waals surface area contributed by atoms with E-state index in [1.807, 2.05) is 42.5 Å². The number of fused-ring (bicyclic) bond motifs is 1. The highest BCUT2D eigenvalue weighted by Crippen LogP contribution is 2.22. The molecule has 0 spiro atoms. The maximum absolute atomic E-state index is 12.8. The van der Waals surface area contributed by atoms with E-state index >= 15 is 0 Å². The molecule has 1 heterocycles. The smallest absolute Gasteiger partial charge is 0.260 e. The molecule has 0 saturated carbocycles. The van der Waals surface area contributed by atoms with Gasteiger partial charge >= 0.3 is 0 Å². The molecular formula is C22H21ClN2O4S. The maximum Gasteiger partial charge on any atom is 0.260 e. The van der Waals surface area contributed by atoms with Crippen molar-refractivity contribution in [2.24, 2.45) is 0 Å². The Kier molecular flexibility index (Phi) is 5.94. The monoisotopic (exact) mass is 444 g/mol. The normalized spacial score (nSPS) is 15.3. The number of amides is 1. The summed E-state index contributed by atoms with van der Waals surface area (Å²) in [6, 6.07) is 19.8. The molecule has 156 valence electrons. The van der Waals surface area contributed by atoms with Gasteiger partial charge in [0, 0.05) is 31.2 Å².